The Labute approximate surface area is 158 Å². The van der Waals surface area contributed by atoms with Crippen molar-refractivity contribution in [2.45, 2.75) is 44.8 Å². The number of carbonyl (C=O) groups excluding carboxylic acids is 2. The largest absolute Gasteiger partial charge is 0.379 e. The number of amides is 2. The fourth-order valence-electron chi connectivity index (χ4n) is 3.16. The van der Waals surface area contributed by atoms with Crippen LogP contribution in [0.15, 0.2) is 37.1 Å². The number of carbonyl (C=O) groups is 2. The van der Waals surface area contributed by atoms with Gasteiger partial charge in [-0.1, -0.05) is 6.07 Å². The molecule has 2 amide bonds. The highest BCUT2D eigenvalue weighted by atomic mass is 16.5. The molecule has 0 aliphatic carbocycles. The Kier molecular flexibility index (Phi) is 5.55. The van der Waals surface area contributed by atoms with Crippen LogP contribution < -0.4 is 5.32 Å². The van der Waals surface area contributed by atoms with Crippen LogP contribution >= 0.6 is 0 Å². The van der Waals surface area contributed by atoms with Gasteiger partial charge in [-0.25, -0.2) is 4.98 Å². The third-order valence-corrected chi connectivity index (χ3v) is 4.28. The Morgan fingerprint density at radius 3 is 2.78 bits per heavy atom. The van der Waals surface area contributed by atoms with E-state index in [1.165, 1.54) is 12.5 Å². The van der Waals surface area contributed by atoms with Crippen molar-refractivity contribution in [3.8, 4) is 0 Å². The summed E-state index contributed by atoms with van der Waals surface area (Å²) in [7, 11) is 0. The maximum Gasteiger partial charge on any atom is 0.275 e. The first-order chi connectivity index (χ1) is 12.9. The zero-order chi connectivity index (χ0) is 19.4. The van der Waals surface area contributed by atoms with Crippen LogP contribution in [0.5, 0.6) is 0 Å². The summed E-state index contributed by atoms with van der Waals surface area (Å²) in [5, 5.41) is 2.99. The van der Waals surface area contributed by atoms with Crippen molar-refractivity contribution in [2.24, 2.45) is 0 Å². The van der Waals surface area contributed by atoms with Crippen LogP contribution in [0.4, 0.5) is 0 Å². The number of ether oxygens (including phenoxy) is 1. The van der Waals surface area contributed by atoms with Gasteiger partial charge in [0.2, 0.25) is 5.91 Å². The lowest BCUT2D eigenvalue weighted by Gasteiger charge is -2.36. The summed E-state index contributed by atoms with van der Waals surface area (Å²) in [5.74, 6) is -0.573. The number of nitrogens with zero attached hydrogens (tertiary/aromatic N) is 3. The molecule has 3 rings (SSSR count). The van der Waals surface area contributed by atoms with Gasteiger partial charge >= 0.3 is 0 Å². The third-order valence-electron chi connectivity index (χ3n) is 4.28. The lowest BCUT2D eigenvalue weighted by Crippen LogP contribution is -2.52. The molecule has 0 aromatic carbocycles. The molecule has 2 aromatic heterocycles. The summed E-state index contributed by atoms with van der Waals surface area (Å²) in [6, 6.07) is 2.52. The predicted molar refractivity (Wildman–Crippen MR) is 98.9 cm³/mol. The molecule has 1 aliphatic heterocycles. The molecular formula is C19H25N5O3. The smallest absolute Gasteiger partial charge is 0.275 e. The third kappa shape index (κ3) is 4.51. The molecule has 0 saturated carbocycles. The molecule has 8 heteroatoms. The van der Waals surface area contributed by atoms with Gasteiger partial charge in [-0.05, 0) is 33.3 Å². The van der Waals surface area contributed by atoms with Gasteiger partial charge in [-0.2, -0.15) is 0 Å². The maximum absolute atomic E-state index is 13.3. The maximum atomic E-state index is 13.3. The van der Waals surface area contributed by atoms with Crippen molar-refractivity contribution < 1.29 is 14.3 Å². The Hall–Kier alpha value is -2.74. The molecule has 0 spiro atoms. The van der Waals surface area contributed by atoms with E-state index in [0.29, 0.717) is 25.2 Å². The van der Waals surface area contributed by atoms with E-state index in [-0.39, 0.29) is 23.6 Å². The minimum Gasteiger partial charge on any atom is -0.379 e. The summed E-state index contributed by atoms with van der Waals surface area (Å²) in [6.45, 7) is 6.66. The van der Waals surface area contributed by atoms with E-state index in [1.807, 2.05) is 20.8 Å². The second kappa shape index (κ2) is 7.87. The number of rotatable bonds is 5. The summed E-state index contributed by atoms with van der Waals surface area (Å²) in [4.78, 5) is 39.1. The van der Waals surface area contributed by atoms with Gasteiger partial charge in [0.05, 0.1) is 19.0 Å². The van der Waals surface area contributed by atoms with Crippen LogP contribution in [0.1, 0.15) is 49.3 Å². The first kappa shape index (κ1) is 19.0. The van der Waals surface area contributed by atoms with Crippen molar-refractivity contribution in [1.29, 1.82) is 0 Å². The Balaban J connectivity index is 2.04. The van der Waals surface area contributed by atoms with Crippen LogP contribution in [-0.2, 0) is 9.53 Å². The SMILES string of the molecule is CC(C)(C)NC(=O)C(c1cccnc1)N(C(=O)c1c[nH]cn1)C1CCOC1. The van der Waals surface area contributed by atoms with Crippen LogP contribution in [0, 0.1) is 0 Å². The average molecular weight is 371 g/mol. The predicted octanol–water partition coefficient (Wildman–Crippen LogP) is 1.69. The summed E-state index contributed by atoms with van der Waals surface area (Å²) < 4.78 is 5.50. The minimum absolute atomic E-state index is 0.217. The van der Waals surface area contributed by atoms with Gasteiger partial charge in [0.25, 0.3) is 5.91 Å². The molecule has 2 unspecified atom stereocenters. The van der Waals surface area contributed by atoms with Gasteiger partial charge in [0.1, 0.15) is 11.7 Å². The number of pyridine rings is 1. The number of imidazole rings is 1. The zero-order valence-corrected chi connectivity index (χ0v) is 15.8. The highest BCUT2D eigenvalue weighted by Gasteiger charge is 2.40. The molecule has 3 heterocycles. The normalized spacial score (nSPS) is 18.1. The highest BCUT2D eigenvalue weighted by Crippen LogP contribution is 2.29. The van der Waals surface area contributed by atoms with Crippen molar-refractivity contribution in [3.05, 3.63) is 48.3 Å². The number of H-pyrrole nitrogens is 1. The standard InChI is InChI=1S/C19H25N5O3/c1-19(2,3)23-17(25)16(13-5-4-7-20-9-13)24(14-6-8-27-11-14)18(26)15-10-21-12-22-15/h4-5,7,9-10,12,14,16H,6,8,11H2,1-3H3,(H,21,22)(H,23,25). The summed E-state index contributed by atoms with van der Waals surface area (Å²) in [5.41, 5.74) is 0.472. The number of nitrogens with one attached hydrogen (secondary N) is 2. The molecule has 2 aromatic rings. The van der Waals surface area contributed by atoms with E-state index in [1.54, 1.807) is 29.4 Å². The molecule has 0 bridgehead atoms. The number of hydrogen-bond donors (Lipinski definition) is 2. The zero-order valence-electron chi connectivity index (χ0n) is 15.8. The first-order valence-corrected chi connectivity index (χ1v) is 8.98. The van der Waals surface area contributed by atoms with Crippen LogP contribution in [-0.4, -0.2) is 56.5 Å². The number of aromatic nitrogens is 3. The van der Waals surface area contributed by atoms with Crippen LogP contribution in [0.25, 0.3) is 0 Å². The quantitative estimate of drug-likeness (QED) is 0.833. The Morgan fingerprint density at radius 1 is 1.41 bits per heavy atom. The summed E-state index contributed by atoms with van der Waals surface area (Å²) >= 11 is 0. The van der Waals surface area contributed by atoms with Gasteiger partial charge in [-0.3, -0.25) is 14.6 Å². The van der Waals surface area contributed by atoms with Crippen molar-refractivity contribution in [3.63, 3.8) is 0 Å². The van der Waals surface area contributed by atoms with Gasteiger partial charge in [0.15, 0.2) is 0 Å². The molecule has 144 valence electrons. The van der Waals surface area contributed by atoms with Gasteiger partial charge < -0.3 is 19.9 Å². The number of aromatic amines is 1. The average Bonchev–Trinajstić information content (AvgIpc) is 3.31. The molecule has 1 fully saturated rings. The van der Waals surface area contributed by atoms with E-state index < -0.39 is 11.6 Å². The molecule has 1 aliphatic rings. The molecule has 8 nitrogen and oxygen atoms in total. The monoisotopic (exact) mass is 371 g/mol. The van der Waals surface area contributed by atoms with Gasteiger partial charge in [-0.15, -0.1) is 0 Å². The van der Waals surface area contributed by atoms with E-state index in [2.05, 4.69) is 20.3 Å². The minimum atomic E-state index is -0.825. The second-order valence-corrected chi connectivity index (χ2v) is 7.61. The fraction of sp³-hybridized carbons (Fsp3) is 0.474. The van der Waals surface area contributed by atoms with Crippen LogP contribution in [0.2, 0.25) is 0 Å². The molecule has 0 radical (unpaired) electrons. The van der Waals surface area contributed by atoms with E-state index in [0.717, 1.165) is 0 Å². The molecular weight excluding hydrogens is 346 g/mol. The lowest BCUT2D eigenvalue weighted by molar-refractivity contribution is -0.128. The van der Waals surface area contributed by atoms with E-state index in [9.17, 15) is 9.59 Å². The Morgan fingerprint density at radius 2 is 2.22 bits per heavy atom. The van der Waals surface area contributed by atoms with Gasteiger partial charge in [0, 0.05) is 36.3 Å². The molecule has 27 heavy (non-hydrogen) atoms. The van der Waals surface area contributed by atoms with Crippen molar-refractivity contribution in [2.75, 3.05) is 13.2 Å². The topological polar surface area (TPSA) is 100 Å². The van der Waals surface area contributed by atoms with E-state index in [4.69, 9.17) is 4.74 Å². The fourth-order valence-corrected chi connectivity index (χ4v) is 3.16. The Bertz CT molecular complexity index is 764. The molecule has 2 N–H and O–H groups in total. The number of hydrogen-bond acceptors (Lipinski definition) is 5. The second-order valence-electron chi connectivity index (χ2n) is 7.61. The molecule has 1 saturated heterocycles. The highest BCUT2D eigenvalue weighted by molar-refractivity contribution is 5.96. The molecule has 2 atom stereocenters. The van der Waals surface area contributed by atoms with Crippen molar-refractivity contribution in [1.82, 2.24) is 25.2 Å². The van der Waals surface area contributed by atoms with Crippen LogP contribution in [0.3, 0.4) is 0 Å². The summed E-state index contributed by atoms with van der Waals surface area (Å²) in [6.07, 6.45) is 6.90. The lowest BCUT2D eigenvalue weighted by atomic mass is 10.0. The van der Waals surface area contributed by atoms with Crippen molar-refractivity contribution >= 4 is 11.8 Å². The first-order valence-electron chi connectivity index (χ1n) is 8.98. The van der Waals surface area contributed by atoms with E-state index >= 15 is 0 Å².